The van der Waals surface area contributed by atoms with E-state index in [2.05, 4.69) is 48.0 Å². The first-order valence-electron chi connectivity index (χ1n) is 10.5. The molecule has 0 fully saturated rings. The molecule has 2 aromatic heterocycles. The molecule has 0 aliphatic rings. The predicted molar refractivity (Wildman–Crippen MR) is 129 cm³/mol. The fourth-order valence-electron chi connectivity index (χ4n) is 4.11. The van der Waals surface area contributed by atoms with Crippen molar-refractivity contribution in [2.24, 2.45) is 0 Å². The van der Waals surface area contributed by atoms with E-state index in [0.717, 1.165) is 23.4 Å². The summed E-state index contributed by atoms with van der Waals surface area (Å²) in [5, 5.41) is 1.80. The number of benzene rings is 3. The minimum Gasteiger partial charge on any atom is -0.347 e. The predicted octanol–water partition coefficient (Wildman–Crippen LogP) is 5.84. The average molecular weight is 406 g/mol. The maximum atomic E-state index is 13.4. The number of hydrogen-bond donors (Lipinski definition) is 0. The summed E-state index contributed by atoms with van der Waals surface area (Å²) in [5.41, 5.74) is 4.86. The van der Waals surface area contributed by atoms with Gasteiger partial charge in [-0.25, -0.2) is 4.98 Å². The summed E-state index contributed by atoms with van der Waals surface area (Å²) in [6.45, 7) is 5.06. The fourth-order valence-corrected chi connectivity index (χ4v) is 4.11. The number of aromatic nitrogens is 3. The molecule has 152 valence electrons. The maximum Gasteiger partial charge on any atom is 0.266 e. The molecule has 0 saturated carbocycles. The van der Waals surface area contributed by atoms with Crippen LogP contribution in [0.2, 0.25) is 0 Å². The minimum atomic E-state index is -0.0631. The van der Waals surface area contributed by atoms with Crippen LogP contribution >= 0.6 is 0 Å². The van der Waals surface area contributed by atoms with Crippen LogP contribution in [0, 0.1) is 6.92 Å². The average Bonchev–Trinajstić information content (AvgIpc) is 3.16. The molecule has 4 heteroatoms. The first kappa shape index (κ1) is 19.1. The van der Waals surface area contributed by atoms with Crippen molar-refractivity contribution in [3.8, 4) is 5.69 Å². The second-order valence-electron chi connectivity index (χ2n) is 7.69. The lowest BCUT2D eigenvalue weighted by molar-refractivity contribution is 0.797. The quantitative estimate of drug-likeness (QED) is 0.377. The largest absolute Gasteiger partial charge is 0.347 e. The Morgan fingerprint density at radius 1 is 0.903 bits per heavy atom. The Morgan fingerprint density at radius 3 is 2.48 bits per heavy atom. The summed E-state index contributed by atoms with van der Waals surface area (Å²) in [6.07, 6.45) is 6.15. The molecule has 5 rings (SSSR count). The van der Waals surface area contributed by atoms with E-state index in [-0.39, 0.29) is 5.56 Å². The van der Waals surface area contributed by atoms with Gasteiger partial charge in [-0.15, -0.1) is 0 Å². The van der Waals surface area contributed by atoms with Gasteiger partial charge < -0.3 is 4.57 Å². The highest BCUT2D eigenvalue weighted by molar-refractivity contribution is 5.92. The number of rotatable bonds is 4. The molecule has 2 heterocycles. The Bertz CT molecular complexity index is 1500. The normalized spacial score (nSPS) is 11.7. The Kier molecular flexibility index (Phi) is 4.75. The Labute approximate surface area is 180 Å². The third-order valence-electron chi connectivity index (χ3n) is 5.63. The van der Waals surface area contributed by atoms with Gasteiger partial charge in [-0.2, -0.15) is 0 Å². The van der Waals surface area contributed by atoms with Crippen molar-refractivity contribution < 1.29 is 0 Å². The van der Waals surface area contributed by atoms with Crippen LogP contribution in [0.25, 0.3) is 39.6 Å². The monoisotopic (exact) mass is 405 g/mol. The third-order valence-corrected chi connectivity index (χ3v) is 5.63. The summed E-state index contributed by atoms with van der Waals surface area (Å²) >= 11 is 0. The van der Waals surface area contributed by atoms with Crippen LogP contribution < -0.4 is 5.56 Å². The molecule has 0 unspecified atom stereocenters. The molecule has 0 spiro atoms. The van der Waals surface area contributed by atoms with E-state index in [0.29, 0.717) is 16.7 Å². The van der Waals surface area contributed by atoms with E-state index in [1.165, 1.54) is 10.9 Å². The lowest BCUT2D eigenvalue weighted by atomic mass is 10.1. The molecule has 3 aromatic carbocycles. The van der Waals surface area contributed by atoms with Crippen molar-refractivity contribution in [2.75, 3.05) is 0 Å². The lowest BCUT2D eigenvalue weighted by Crippen LogP contribution is -2.22. The summed E-state index contributed by atoms with van der Waals surface area (Å²) < 4.78 is 3.93. The van der Waals surface area contributed by atoms with Gasteiger partial charge in [0.1, 0.15) is 5.82 Å². The molecule has 0 amide bonds. The number of para-hydroxylation sites is 2. The highest BCUT2D eigenvalue weighted by Crippen LogP contribution is 2.24. The van der Waals surface area contributed by atoms with Crippen molar-refractivity contribution in [1.82, 2.24) is 14.1 Å². The maximum absolute atomic E-state index is 13.4. The highest BCUT2D eigenvalue weighted by Gasteiger charge is 2.12. The Balaban J connectivity index is 1.73. The van der Waals surface area contributed by atoms with E-state index in [1.807, 2.05) is 61.5 Å². The Hall–Kier alpha value is -3.92. The van der Waals surface area contributed by atoms with Crippen molar-refractivity contribution in [3.63, 3.8) is 0 Å². The zero-order chi connectivity index (χ0) is 21.4. The van der Waals surface area contributed by atoms with E-state index in [1.54, 1.807) is 4.57 Å². The van der Waals surface area contributed by atoms with Crippen LogP contribution in [-0.2, 0) is 6.54 Å². The van der Waals surface area contributed by atoms with Gasteiger partial charge in [0.25, 0.3) is 5.56 Å². The molecule has 0 N–H and O–H groups in total. The third kappa shape index (κ3) is 3.36. The van der Waals surface area contributed by atoms with Gasteiger partial charge >= 0.3 is 0 Å². The van der Waals surface area contributed by atoms with Crippen LogP contribution in [0.15, 0.2) is 83.8 Å². The summed E-state index contributed by atoms with van der Waals surface area (Å²) in [4.78, 5) is 18.3. The van der Waals surface area contributed by atoms with Gasteiger partial charge in [-0.3, -0.25) is 9.36 Å². The van der Waals surface area contributed by atoms with Crippen LogP contribution in [0.4, 0.5) is 0 Å². The van der Waals surface area contributed by atoms with Crippen LogP contribution in [-0.4, -0.2) is 14.1 Å². The lowest BCUT2D eigenvalue weighted by Gasteiger charge is -2.12. The summed E-state index contributed by atoms with van der Waals surface area (Å²) in [7, 11) is 0. The first-order valence-corrected chi connectivity index (χ1v) is 10.5. The van der Waals surface area contributed by atoms with Gasteiger partial charge in [-0.05, 0) is 61.9 Å². The van der Waals surface area contributed by atoms with Crippen molar-refractivity contribution in [2.45, 2.75) is 20.4 Å². The van der Waals surface area contributed by atoms with Gasteiger partial charge in [0, 0.05) is 29.2 Å². The van der Waals surface area contributed by atoms with E-state index in [9.17, 15) is 4.79 Å². The minimum absolute atomic E-state index is 0.0631. The molecule has 31 heavy (non-hydrogen) atoms. The Morgan fingerprint density at radius 2 is 1.68 bits per heavy atom. The topological polar surface area (TPSA) is 39.8 Å². The molecule has 0 atom stereocenters. The number of fused-ring (bicyclic) bond motifs is 2. The molecule has 4 nitrogen and oxygen atoms in total. The van der Waals surface area contributed by atoms with Gasteiger partial charge in [0.15, 0.2) is 0 Å². The van der Waals surface area contributed by atoms with Crippen LogP contribution in [0.5, 0.6) is 0 Å². The number of nitrogens with zero attached hydrogens (tertiary/aromatic N) is 3. The highest BCUT2D eigenvalue weighted by atomic mass is 16.1. The van der Waals surface area contributed by atoms with Gasteiger partial charge in [0.05, 0.1) is 16.6 Å². The molecule has 0 saturated heterocycles. The van der Waals surface area contributed by atoms with Crippen molar-refractivity contribution >= 4 is 34.0 Å². The van der Waals surface area contributed by atoms with Gasteiger partial charge in [-0.1, -0.05) is 42.5 Å². The standard InChI is InChI=1S/C27H23N3O/c1-3-29-18-20(22-11-5-7-14-25(22)29)15-16-26-28-24-13-6-4-12-23(24)27(31)30(26)21-10-8-9-19(2)17-21/h4-18H,3H2,1-2H3. The smallest absolute Gasteiger partial charge is 0.266 e. The summed E-state index contributed by atoms with van der Waals surface area (Å²) in [6, 6.07) is 23.8. The van der Waals surface area contributed by atoms with Crippen LogP contribution in [0.3, 0.4) is 0 Å². The zero-order valence-corrected chi connectivity index (χ0v) is 17.6. The van der Waals surface area contributed by atoms with E-state index < -0.39 is 0 Å². The first-order chi connectivity index (χ1) is 15.2. The second kappa shape index (κ2) is 7.73. The van der Waals surface area contributed by atoms with E-state index in [4.69, 9.17) is 4.98 Å². The van der Waals surface area contributed by atoms with Crippen LogP contribution in [0.1, 0.15) is 23.9 Å². The molecule has 5 aromatic rings. The van der Waals surface area contributed by atoms with E-state index >= 15 is 0 Å². The van der Waals surface area contributed by atoms with Crippen molar-refractivity contribution in [3.05, 3.63) is 106 Å². The fraction of sp³-hybridized carbons (Fsp3) is 0.111. The van der Waals surface area contributed by atoms with Crippen molar-refractivity contribution in [1.29, 1.82) is 0 Å². The number of aryl methyl sites for hydroxylation is 2. The van der Waals surface area contributed by atoms with Gasteiger partial charge in [0.2, 0.25) is 0 Å². The number of hydrogen-bond acceptors (Lipinski definition) is 2. The molecule has 0 aliphatic carbocycles. The second-order valence-corrected chi connectivity index (χ2v) is 7.69. The molecular weight excluding hydrogens is 382 g/mol. The molecule has 0 radical (unpaired) electrons. The molecule has 0 aliphatic heterocycles. The SMILES string of the molecule is CCn1cc(C=Cc2nc3ccccc3c(=O)n2-c2cccc(C)c2)c2ccccc21. The zero-order valence-electron chi connectivity index (χ0n) is 17.6. The summed E-state index contributed by atoms with van der Waals surface area (Å²) in [5.74, 6) is 0.614. The molecule has 0 bridgehead atoms. The molecular formula is C27H23N3O.